The van der Waals surface area contributed by atoms with Crippen molar-refractivity contribution in [3.05, 3.63) is 65.5 Å². The number of para-hydroxylation sites is 1. The monoisotopic (exact) mass is 327 g/mol. The molecular formula is C19H22FN3O. The van der Waals surface area contributed by atoms with Gasteiger partial charge >= 0.3 is 6.03 Å². The summed E-state index contributed by atoms with van der Waals surface area (Å²) in [5.74, 6) is -0.275. The molecule has 4 nitrogen and oxygen atoms in total. The fraction of sp³-hybridized carbons (Fsp3) is 0.316. The second kappa shape index (κ2) is 7.34. The molecule has 24 heavy (non-hydrogen) atoms. The van der Waals surface area contributed by atoms with Crippen molar-refractivity contribution in [2.24, 2.45) is 0 Å². The maximum Gasteiger partial charge on any atom is 0.315 e. The summed E-state index contributed by atoms with van der Waals surface area (Å²) in [4.78, 5) is 14.2. The highest BCUT2D eigenvalue weighted by Gasteiger charge is 2.24. The number of halogens is 1. The van der Waals surface area contributed by atoms with Gasteiger partial charge in [0, 0.05) is 31.4 Å². The maximum absolute atomic E-state index is 12.8. The van der Waals surface area contributed by atoms with Gasteiger partial charge in [-0.05, 0) is 42.7 Å². The van der Waals surface area contributed by atoms with Crippen molar-refractivity contribution >= 4 is 11.7 Å². The molecule has 0 aliphatic carbocycles. The third-order valence-corrected chi connectivity index (χ3v) is 4.35. The molecule has 0 radical (unpaired) electrons. The van der Waals surface area contributed by atoms with E-state index in [1.807, 2.05) is 6.07 Å². The lowest BCUT2D eigenvalue weighted by Crippen LogP contribution is -2.41. The zero-order valence-electron chi connectivity index (χ0n) is 13.8. The molecule has 0 saturated heterocycles. The number of hydrogen-bond acceptors (Lipinski definition) is 2. The number of benzene rings is 2. The third-order valence-electron chi connectivity index (χ3n) is 4.35. The van der Waals surface area contributed by atoms with Gasteiger partial charge < -0.3 is 15.5 Å². The van der Waals surface area contributed by atoms with E-state index in [1.54, 1.807) is 12.1 Å². The third kappa shape index (κ3) is 3.85. The zero-order valence-corrected chi connectivity index (χ0v) is 13.8. The maximum atomic E-state index is 12.8. The van der Waals surface area contributed by atoms with Gasteiger partial charge in [-0.15, -0.1) is 0 Å². The summed E-state index contributed by atoms with van der Waals surface area (Å²) in [7, 11) is 0. The van der Waals surface area contributed by atoms with Crippen molar-refractivity contribution < 1.29 is 9.18 Å². The number of rotatable bonds is 5. The molecular weight excluding hydrogens is 305 g/mol. The number of hydrogen-bond donors (Lipinski definition) is 2. The number of carbonyl (C=O) groups is 1. The Morgan fingerprint density at radius 3 is 2.71 bits per heavy atom. The van der Waals surface area contributed by atoms with Crippen LogP contribution in [0.3, 0.4) is 0 Å². The van der Waals surface area contributed by atoms with Crippen molar-refractivity contribution in [3.63, 3.8) is 0 Å². The van der Waals surface area contributed by atoms with Crippen LogP contribution in [0.15, 0.2) is 48.5 Å². The lowest BCUT2D eigenvalue weighted by Gasteiger charge is -2.25. The highest BCUT2D eigenvalue weighted by Crippen LogP contribution is 2.31. The molecule has 0 spiro atoms. The van der Waals surface area contributed by atoms with E-state index in [-0.39, 0.29) is 11.8 Å². The molecule has 2 N–H and O–H groups in total. The SMILES string of the molecule is CC1Cc2ccccc2N1CCNC(=O)NCc1ccc(F)cc1. The first-order valence-corrected chi connectivity index (χ1v) is 8.24. The molecule has 2 aromatic rings. The van der Waals surface area contributed by atoms with E-state index in [1.165, 1.54) is 23.4 Å². The van der Waals surface area contributed by atoms with Gasteiger partial charge in [0.2, 0.25) is 0 Å². The first-order chi connectivity index (χ1) is 11.6. The van der Waals surface area contributed by atoms with Crippen LogP contribution in [0.1, 0.15) is 18.1 Å². The van der Waals surface area contributed by atoms with E-state index >= 15 is 0 Å². The van der Waals surface area contributed by atoms with Gasteiger partial charge in [-0.3, -0.25) is 0 Å². The van der Waals surface area contributed by atoms with E-state index in [9.17, 15) is 9.18 Å². The Labute approximate surface area is 141 Å². The molecule has 0 bridgehead atoms. The van der Waals surface area contributed by atoms with E-state index < -0.39 is 0 Å². The van der Waals surface area contributed by atoms with Crippen molar-refractivity contribution in [2.45, 2.75) is 25.9 Å². The van der Waals surface area contributed by atoms with Gasteiger partial charge in [0.05, 0.1) is 0 Å². The quantitative estimate of drug-likeness (QED) is 0.886. The molecule has 1 atom stereocenters. The van der Waals surface area contributed by atoms with Crippen molar-refractivity contribution in [1.29, 1.82) is 0 Å². The Morgan fingerprint density at radius 2 is 1.92 bits per heavy atom. The molecule has 3 rings (SSSR count). The van der Waals surface area contributed by atoms with Gasteiger partial charge in [-0.25, -0.2) is 9.18 Å². The molecule has 2 aromatic carbocycles. The Kier molecular flexibility index (Phi) is 4.99. The Morgan fingerprint density at radius 1 is 1.17 bits per heavy atom. The first-order valence-electron chi connectivity index (χ1n) is 8.24. The molecule has 126 valence electrons. The Bertz CT molecular complexity index is 702. The van der Waals surface area contributed by atoms with Crippen LogP contribution in [0.2, 0.25) is 0 Å². The minimum Gasteiger partial charge on any atom is -0.367 e. The van der Waals surface area contributed by atoms with Crippen LogP contribution in [-0.4, -0.2) is 25.2 Å². The molecule has 5 heteroatoms. The van der Waals surface area contributed by atoms with Crippen LogP contribution in [0, 0.1) is 5.82 Å². The van der Waals surface area contributed by atoms with E-state index in [2.05, 4.69) is 40.7 Å². The smallest absolute Gasteiger partial charge is 0.315 e. The van der Waals surface area contributed by atoms with Crippen LogP contribution < -0.4 is 15.5 Å². The van der Waals surface area contributed by atoms with E-state index in [0.29, 0.717) is 19.1 Å². The van der Waals surface area contributed by atoms with Crippen LogP contribution in [-0.2, 0) is 13.0 Å². The minimum atomic E-state index is -0.275. The van der Waals surface area contributed by atoms with E-state index in [4.69, 9.17) is 0 Å². The molecule has 0 aromatic heterocycles. The molecule has 1 aliphatic heterocycles. The average molecular weight is 327 g/mol. The first kappa shape index (κ1) is 16.3. The van der Waals surface area contributed by atoms with Gasteiger partial charge in [0.15, 0.2) is 0 Å². The summed E-state index contributed by atoms with van der Waals surface area (Å²) < 4.78 is 12.8. The van der Waals surface area contributed by atoms with Crippen LogP contribution in [0.4, 0.5) is 14.9 Å². The summed E-state index contributed by atoms with van der Waals surface area (Å²) in [6.45, 7) is 3.94. The zero-order chi connectivity index (χ0) is 16.9. The van der Waals surface area contributed by atoms with Gasteiger partial charge in [-0.1, -0.05) is 30.3 Å². The van der Waals surface area contributed by atoms with Crippen molar-refractivity contribution in [3.8, 4) is 0 Å². The number of fused-ring (bicyclic) bond motifs is 1. The predicted octanol–water partition coefficient (Wildman–Crippen LogP) is 3.08. The number of nitrogens with one attached hydrogen (secondary N) is 2. The normalized spacial score (nSPS) is 15.9. The molecule has 1 heterocycles. The number of nitrogens with zero attached hydrogens (tertiary/aromatic N) is 1. The summed E-state index contributed by atoms with van der Waals surface area (Å²) in [5.41, 5.74) is 3.50. The van der Waals surface area contributed by atoms with Crippen molar-refractivity contribution in [1.82, 2.24) is 10.6 Å². The molecule has 1 aliphatic rings. The number of urea groups is 1. The summed E-state index contributed by atoms with van der Waals surface area (Å²) in [6, 6.07) is 14.8. The molecule has 0 saturated carbocycles. The Hall–Kier alpha value is -2.56. The second-order valence-electron chi connectivity index (χ2n) is 6.11. The summed E-state index contributed by atoms with van der Waals surface area (Å²) in [5, 5.41) is 5.66. The van der Waals surface area contributed by atoms with Crippen LogP contribution >= 0.6 is 0 Å². The number of anilines is 1. The summed E-state index contributed by atoms with van der Waals surface area (Å²) in [6.07, 6.45) is 1.05. The van der Waals surface area contributed by atoms with Crippen LogP contribution in [0.25, 0.3) is 0 Å². The lowest BCUT2D eigenvalue weighted by atomic mass is 10.1. The number of carbonyl (C=O) groups excluding carboxylic acids is 1. The molecule has 1 unspecified atom stereocenters. The highest BCUT2D eigenvalue weighted by atomic mass is 19.1. The molecule has 0 fully saturated rings. The lowest BCUT2D eigenvalue weighted by molar-refractivity contribution is 0.240. The van der Waals surface area contributed by atoms with Gasteiger partial charge in [-0.2, -0.15) is 0 Å². The standard InChI is InChI=1S/C19H22FN3O/c1-14-12-16-4-2-3-5-18(16)23(14)11-10-21-19(24)22-13-15-6-8-17(20)9-7-15/h2-9,14H,10-13H2,1H3,(H2,21,22,24). The van der Waals surface area contributed by atoms with Gasteiger partial charge in [0.1, 0.15) is 5.82 Å². The minimum absolute atomic E-state index is 0.209. The second-order valence-corrected chi connectivity index (χ2v) is 6.11. The number of amides is 2. The fourth-order valence-corrected chi connectivity index (χ4v) is 3.11. The molecule has 2 amide bonds. The largest absolute Gasteiger partial charge is 0.367 e. The summed E-state index contributed by atoms with van der Waals surface area (Å²) >= 11 is 0. The van der Waals surface area contributed by atoms with Gasteiger partial charge in [0.25, 0.3) is 0 Å². The highest BCUT2D eigenvalue weighted by molar-refractivity contribution is 5.73. The predicted molar refractivity (Wildman–Crippen MR) is 93.6 cm³/mol. The Balaban J connectivity index is 1.43. The fourth-order valence-electron chi connectivity index (χ4n) is 3.11. The van der Waals surface area contributed by atoms with Crippen LogP contribution in [0.5, 0.6) is 0 Å². The van der Waals surface area contributed by atoms with E-state index in [0.717, 1.165) is 18.5 Å². The van der Waals surface area contributed by atoms with Crippen molar-refractivity contribution in [2.75, 3.05) is 18.0 Å². The topological polar surface area (TPSA) is 44.4 Å². The average Bonchev–Trinajstić information content (AvgIpc) is 2.90.